The van der Waals surface area contributed by atoms with Gasteiger partial charge in [0.05, 0.1) is 12.2 Å². The molecule has 0 aromatic rings. The molecule has 3 atom stereocenters. The first-order valence-corrected chi connectivity index (χ1v) is 5.49. The lowest BCUT2D eigenvalue weighted by Crippen LogP contribution is -2.29. The molecule has 2 N–H and O–H groups in total. The number of aliphatic hydroxyl groups excluding tert-OH is 2. The second kappa shape index (κ2) is 7.34. The van der Waals surface area contributed by atoms with E-state index in [-0.39, 0.29) is 18.1 Å². The highest BCUT2D eigenvalue weighted by Gasteiger charge is 2.20. The van der Waals surface area contributed by atoms with Crippen molar-refractivity contribution in [2.24, 2.45) is 5.92 Å². The molecule has 0 saturated heterocycles. The predicted octanol–water partition coefficient (Wildman–Crippen LogP) is 2.33. The summed E-state index contributed by atoms with van der Waals surface area (Å²) in [5, 5.41) is 19.3. The van der Waals surface area contributed by atoms with Crippen LogP contribution in [-0.2, 0) is 0 Å². The molecule has 0 saturated carbocycles. The average molecular weight is 188 g/mol. The molecule has 0 aliphatic heterocycles. The largest absolute Gasteiger partial charge is 0.393 e. The fourth-order valence-electron chi connectivity index (χ4n) is 1.49. The van der Waals surface area contributed by atoms with Crippen LogP contribution in [0.3, 0.4) is 0 Å². The lowest BCUT2D eigenvalue weighted by atomic mass is 9.92. The van der Waals surface area contributed by atoms with Crippen molar-refractivity contribution < 1.29 is 10.2 Å². The van der Waals surface area contributed by atoms with Crippen LogP contribution >= 0.6 is 0 Å². The van der Waals surface area contributed by atoms with Crippen LogP contribution in [0.15, 0.2) is 0 Å². The molecule has 0 radical (unpaired) electrons. The lowest BCUT2D eigenvalue weighted by molar-refractivity contribution is 0.0126. The van der Waals surface area contributed by atoms with Crippen LogP contribution in [0, 0.1) is 5.92 Å². The minimum absolute atomic E-state index is 0.0199. The summed E-state index contributed by atoms with van der Waals surface area (Å²) >= 11 is 0. The van der Waals surface area contributed by atoms with E-state index in [1.165, 1.54) is 0 Å². The van der Waals surface area contributed by atoms with Gasteiger partial charge in [0.25, 0.3) is 0 Å². The highest BCUT2D eigenvalue weighted by Crippen LogP contribution is 2.17. The van der Waals surface area contributed by atoms with Crippen LogP contribution in [0.2, 0.25) is 0 Å². The van der Waals surface area contributed by atoms with Gasteiger partial charge in [-0.15, -0.1) is 0 Å². The quantitative estimate of drug-likeness (QED) is 0.644. The molecular formula is C11H24O2. The zero-order valence-corrected chi connectivity index (χ0v) is 9.16. The van der Waals surface area contributed by atoms with E-state index in [0.29, 0.717) is 0 Å². The third-order valence-corrected chi connectivity index (χ3v) is 2.65. The van der Waals surface area contributed by atoms with Crippen molar-refractivity contribution >= 4 is 0 Å². The lowest BCUT2D eigenvalue weighted by Gasteiger charge is -2.23. The maximum absolute atomic E-state index is 9.69. The Balaban J connectivity index is 3.71. The van der Waals surface area contributed by atoms with E-state index in [1.807, 2.05) is 13.8 Å². The van der Waals surface area contributed by atoms with Crippen LogP contribution in [0.25, 0.3) is 0 Å². The molecule has 2 heteroatoms. The van der Waals surface area contributed by atoms with E-state index in [2.05, 4.69) is 6.92 Å². The molecule has 3 unspecified atom stereocenters. The van der Waals surface area contributed by atoms with E-state index in [0.717, 1.165) is 32.1 Å². The van der Waals surface area contributed by atoms with Gasteiger partial charge in [-0.25, -0.2) is 0 Å². The number of hydrogen-bond acceptors (Lipinski definition) is 2. The smallest absolute Gasteiger partial charge is 0.0590 e. The molecular weight excluding hydrogens is 164 g/mol. The Hall–Kier alpha value is -0.0800. The summed E-state index contributed by atoms with van der Waals surface area (Å²) in [4.78, 5) is 0. The third-order valence-electron chi connectivity index (χ3n) is 2.65. The van der Waals surface area contributed by atoms with Crippen molar-refractivity contribution in [2.45, 2.75) is 65.1 Å². The third kappa shape index (κ3) is 5.27. The normalized spacial score (nSPS) is 18.2. The molecule has 0 fully saturated rings. The molecule has 0 aliphatic rings. The standard InChI is InChI=1S/C11H24O2/c1-4-6-8-11(13)9(3)10(12)7-5-2/h9-13H,4-8H2,1-3H3. The Morgan fingerprint density at radius 2 is 1.46 bits per heavy atom. The van der Waals surface area contributed by atoms with Gasteiger partial charge in [-0.05, 0) is 12.8 Å². The number of rotatable bonds is 7. The highest BCUT2D eigenvalue weighted by atomic mass is 16.3. The van der Waals surface area contributed by atoms with Crippen LogP contribution in [0.5, 0.6) is 0 Å². The Morgan fingerprint density at radius 1 is 0.923 bits per heavy atom. The Kier molecular flexibility index (Phi) is 7.29. The predicted molar refractivity (Wildman–Crippen MR) is 55.6 cm³/mol. The molecule has 0 bridgehead atoms. The molecule has 0 aromatic heterocycles. The van der Waals surface area contributed by atoms with Crippen LogP contribution in [0.1, 0.15) is 52.9 Å². The number of hydrogen-bond donors (Lipinski definition) is 2. The summed E-state index contributed by atoms with van der Waals surface area (Å²) in [6.07, 6.45) is 4.07. The molecule has 0 heterocycles. The minimum Gasteiger partial charge on any atom is -0.393 e. The Labute approximate surface area is 82.0 Å². The molecule has 0 rings (SSSR count). The van der Waals surface area contributed by atoms with Crippen molar-refractivity contribution in [3.05, 3.63) is 0 Å². The SMILES string of the molecule is CCCCC(O)C(C)C(O)CCC. The van der Waals surface area contributed by atoms with Crippen molar-refractivity contribution in [3.8, 4) is 0 Å². The first-order chi connectivity index (χ1) is 6.13. The van der Waals surface area contributed by atoms with Crippen molar-refractivity contribution in [2.75, 3.05) is 0 Å². The second-order valence-corrected chi connectivity index (χ2v) is 3.92. The summed E-state index contributed by atoms with van der Waals surface area (Å²) in [5.74, 6) is 0.0199. The van der Waals surface area contributed by atoms with Gasteiger partial charge in [0.15, 0.2) is 0 Å². The van der Waals surface area contributed by atoms with Gasteiger partial charge in [-0.3, -0.25) is 0 Å². The van der Waals surface area contributed by atoms with E-state index in [9.17, 15) is 10.2 Å². The van der Waals surface area contributed by atoms with E-state index < -0.39 is 0 Å². The van der Waals surface area contributed by atoms with Crippen LogP contribution in [-0.4, -0.2) is 22.4 Å². The first kappa shape index (κ1) is 12.9. The summed E-state index contributed by atoms with van der Waals surface area (Å²) in [6.45, 7) is 6.09. The molecule has 13 heavy (non-hydrogen) atoms. The summed E-state index contributed by atoms with van der Waals surface area (Å²) in [6, 6.07) is 0. The van der Waals surface area contributed by atoms with Gasteiger partial charge in [0.1, 0.15) is 0 Å². The molecule has 0 amide bonds. The maximum Gasteiger partial charge on any atom is 0.0590 e. The average Bonchev–Trinajstić information content (AvgIpc) is 2.13. The molecule has 0 aromatic carbocycles. The second-order valence-electron chi connectivity index (χ2n) is 3.92. The van der Waals surface area contributed by atoms with E-state index in [1.54, 1.807) is 0 Å². The number of aliphatic hydroxyl groups is 2. The summed E-state index contributed by atoms with van der Waals surface area (Å²) < 4.78 is 0. The molecule has 2 nitrogen and oxygen atoms in total. The summed E-state index contributed by atoms with van der Waals surface area (Å²) in [5.41, 5.74) is 0. The molecule has 0 spiro atoms. The van der Waals surface area contributed by atoms with E-state index in [4.69, 9.17) is 0 Å². The van der Waals surface area contributed by atoms with Gasteiger partial charge in [0.2, 0.25) is 0 Å². The fraction of sp³-hybridized carbons (Fsp3) is 1.00. The van der Waals surface area contributed by atoms with Gasteiger partial charge < -0.3 is 10.2 Å². The van der Waals surface area contributed by atoms with Crippen molar-refractivity contribution in [1.82, 2.24) is 0 Å². The monoisotopic (exact) mass is 188 g/mol. The van der Waals surface area contributed by atoms with Crippen molar-refractivity contribution in [3.63, 3.8) is 0 Å². The van der Waals surface area contributed by atoms with E-state index >= 15 is 0 Å². The maximum atomic E-state index is 9.69. The zero-order chi connectivity index (χ0) is 10.3. The van der Waals surface area contributed by atoms with Gasteiger partial charge in [-0.1, -0.05) is 40.0 Å². The zero-order valence-electron chi connectivity index (χ0n) is 9.16. The summed E-state index contributed by atoms with van der Waals surface area (Å²) in [7, 11) is 0. The van der Waals surface area contributed by atoms with Crippen LogP contribution in [0.4, 0.5) is 0 Å². The highest BCUT2D eigenvalue weighted by molar-refractivity contribution is 4.71. The van der Waals surface area contributed by atoms with Crippen LogP contribution < -0.4 is 0 Å². The molecule has 80 valence electrons. The Morgan fingerprint density at radius 3 is 1.92 bits per heavy atom. The Bertz CT molecular complexity index is 115. The fourth-order valence-corrected chi connectivity index (χ4v) is 1.49. The first-order valence-electron chi connectivity index (χ1n) is 5.49. The van der Waals surface area contributed by atoms with Gasteiger partial charge >= 0.3 is 0 Å². The topological polar surface area (TPSA) is 40.5 Å². The number of unbranched alkanes of at least 4 members (excludes halogenated alkanes) is 1. The molecule has 0 aliphatic carbocycles. The minimum atomic E-state index is -0.336. The van der Waals surface area contributed by atoms with Gasteiger partial charge in [-0.2, -0.15) is 0 Å². The van der Waals surface area contributed by atoms with Gasteiger partial charge in [0, 0.05) is 5.92 Å². The van der Waals surface area contributed by atoms with Crippen molar-refractivity contribution in [1.29, 1.82) is 0 Å².